The summed E-state index contributed by atoms with van der Waals surface area (Å²) in [4.78, 5) is 4.52. The van der Waals surface area contributed by atoms with Crippen LogP contribution in [0.3, 0.4) is 0 Å². The molecule has 1 aliphatic carbocycles. The van der Waals surface area contributed by atoms with E-state index >= 15 is 0 Å². The van der Waals surface area contributed by atoms with Gasteiger partial charge in [0.2, 0.25) is 0 Å². The van der Waals surface area contributed by atoms with Crippen LogP contribution in [-0.4, -0.2) is 22.0 Å². The Kier molecular flexibility index (Phi) is 3.93. The second-order valence-corrected chi connectivity index (χ2v) is 7.47. The van der Waals surface area contributed by atoms with Crippen molar-refractivity contribution in [2.75, 3.05) is 11.1 Å². The quantitative estimate of drug-likeness (QED) is 0.898. The van der Waals surface area contributed by atoms with Gasteiger partial charge in [-0.3, -0.25) is 0 Å². The monoisotopic (exact) mass is 296 g/mol. The van der Waals surface area contributed by atoms with Crippen LogP contribution in [-0.2, 0) is 0 Å². The molecule has 2 unspecified atom stereocenters. The predicted octanol–water partition coefficient (Wildman–Crippen LogP) is 4.52. The number of hydrogen-bond donors (Lipinski definition) is 1. The zero-order chi connectivity index (χ0) is 13.2. The number of nitrogens with one attached hydrogen (secondary N) is 1. The Hall–Kier alpha value is -0.810. The van der Waals surface area contributed by atoms with E-state index in [9.17, 15) is 4.39 Å². The first-order valence-electron chi connectivity index (χ1n) is 6.69. The molecule has 19 heavy (non-hydrogen) atoms. The van der Waals surface area contributed by atoms with Gasteiger partial charge in [0.25, 0.3) is 0 Å². The first kappa shape index (κ1) is 13.2. The smallest absolute Gasteiger partial charge is 0.184 e. The van der Waals surface area contributed by atoms with Crippen LogP contribution in [0, 0.1) is 5.82 Å². The average molecular weight is 296 g/mol. The highest BCUT2D eigenvalue weighted by atomic mass is 32.2. The van der Waals surface area contributed by atoms with Crippen molar-refractivity contribution in [3.63, 3.8) is 0 Å². The number of aromatic nitrogens is 1. The number of thioether (sulfide) groups is 1. The van der Waals surface area contributed by atoms with E-state index in [2.05, 4.69) is 29.0 Å². The standard InChI is InChI=1S/C14H17FN2S2/c1-2-18-11-5-4-10(8-11)16-14-17-12-6-3-9(15)7-13(12)19-14/h3,6-7,10-11H,2,4-5,8H2,1H3,(H,16,17). The van der Waals surface area contributed by atoms with Crippen molar-refractivity contribution in [3.8, 4) is 0 Å². The van der Waals surface area contributed by atoms with Gasteiger partial charge in [-0.15, -0.1) is 0 Å². The number of anilines is 1. The summed E-state index contributed by atoms with van der Waals surface area (Å²) in [5.41, 5.74) is 0.881. The maximum absolute atomic E-state index is 13.1. The van der Waals surface area contributed by atoms with Crippen molar-refractivity contribution >= 4 is 38.4 Å². The molecule has 2 aromatic rings. The highest BCUT2D eigenvalue weighted by Crippen LogP contribution is 2.33. The summed E-state index contributed by atoms with van der Waals surface area (Å²) in [7, 11) is 0. The van der Waals surface area contributed by atoms with Crippen molar-refractivity contribution in [2.45, 2.75) is 37.5 Å². The third kappa shape index (κ3) is 3.03. The summed E-state index contributed by atoms with van der Waals surface area (Å²) in [5, 5.41) is 5.22. The summed E-state index contributed by atoms with van der Waals surface area (Å²) in [5.74, 6) is 1.00. The van der Waals surface area contributed by atoms with Gasteiger partial charge < -0.3 is 5.32 Å². The first-order valence-corrected chi connectivity index (χ1v) is 8.55. The fraction of sp³-hybridized carbons (Fsp3) is 0.500. The SMILES string of the molecule is CCSC1CCC(Nc2nc3ccc(F)cc3s2)C1. The number of fused-ring (bicyclic) bond motifs is 1. The molecule has 3 rings (SSSR count). The number of hydrogen-bond acceptors (Lipinski definition) is 4. The molecule has 1 heterocycles. The topological polar surface area (TPSA) is 24.9 Å². The van der Waals surface area contributed by atoms with E-state index in [1.54, 1.807) is 23.5 Å². The summed E-state index contributed by atoms with van der Waals surface area (Å²) >= 11 is 3.60. The number of benzene rings is 1. The van der Waals surface area contributed by atoms with Crippen molar-refractivity contribution < 1.29 is 4.39 Å². The van der Waals surface area contributed by atoms with Gasteiger partial charge >= 0.3 is 0 Å². The molecule has 0 spiro atoms. The van der Waals surface area contributed by atoms with Crippen molar-refractivity contribution in [3.05, 3.63) is 24.0 Å². The first-order chi connectivity index (χ1) is 9.24. The molecule has 0 aliphatic heterocycles. The summed E-state index contributed by atoms with van der Waals surface area (Å²) in [6.45, 7) is 2.22. The molecule has 1 saturated carbocycles. The van der Waals surface area contributed by atoms with Gasteiger partial charge in [0, 0.05) is 11.3 Å². The van der Waals surface area contributed by atoms with E-state index in [0.29, 0.717) is 6.04 Å². The van der Waals surface area contributed by atoms with Gasteiger partial charge in [0.1, 0.15) is 5.82 Å². The molecule has 5 heteroatoms. The Balaban J connectivity index is 1.68. The molecule has 0 saturated heterocycles. The van der Waals surface area contributed by atoms with Crippen LogP contribution >= 0.6 is 23.1 Å². The van der Waals surface area contributed by atoms with Crippen LogP contribution in [0.1, 0.15) is 26.2 Å². The Bertz CT molecular complexity index is 570. The van der Waals surface area contributed by atoms with Gasteiger partial charge in [-0.05, 0) is 43.2 Å². The minimum absolute atomic E-state index is 0.192. The van der Waals surface area contributed by atoms with Gasteiger partial charge in [0.15, 0.2) is 5.13 Å². The molecule has 0 bridgehead atoms. The fourth-order valence-corrected chi connectivity index (χ4v) is 4.70. The minimum Gasteiger partial charge on any atom is -0.359 e. The Morgan fingerprint density at radius 1 is 1.47 bits per heavy atom. The molecule has 102 valence electrons. The lowest BCUT2D eigenvalue weighted by atomic mass is 10.3. The van der Waals surface area contributed by atoms with Crippen molar-refractivity contribution in [2.24, 2.45) is 0 Å². The van der Waals surface area contributed by atoms with Gasteiger partial charge in [-0.25, -0.2) is 9.37 Å². The van der Waals surface area contributed by atoms with Crippen LogP contribution in [0.2, 0.25) is 0 Å². The molecule has 1 aliphatic rings. The summed E-state index contributed by atoms with van der Waals surface area (Å²) in [6.07, 6.45) is 3.71. The van der Waals surface area contributed by atoms with Crippen LogP contribution in [0.15, 0.2) is 18.2 Å². The molecule has 1 N–H and O–H groups in total. The molecular formula is C14H17FN2S2. The third-order valence-electron chi connectivity index (χ3n) is 3.46. The molecule has 2 atom stereocenters. The van der Waals surface area contributed by atoms with Gasteiger partial charge in [-0.2, -0.15) is 11.8 Å². The number of nitrogens with zero attached hydrogens (tertiary/aromatic N) is 1. The van der Waals surface area contributed by atoms with Crippen LogP contribution in [0.4, 0.5) is 9.52 Å². The average Bonchev–Trinajstić information content (AvgIpc) is 2.96. The fourth-order valence-electron chi connectivity index (χ4n) is 2.59. The minimum atomic E-state index is -0.192. The van der Waals surface area contributed by atoms with Crippen molar-refractivity contribution in [1.82, 2.24) is 4.98 Å². The summed E-state index contributed by atoms with van der Waals surface area (Å²) in [6, 6.07) is 5.30. The maximum atomic E-state index is 13.1. The Morgan fingerprint density at radius 3 is 3.21 bits per heavy atom. The lowest BCUT2D eigenvalue weighted by Gasteiger charge is -2.11. The maximum Gasteiger partial charge on any atom is 0.184 e. The Labute approximate surface area is 120 Å². The van der Waals surface area contributed by atoms with E-state index in [-0.39, 0.29) is 5.82 Å². The zero-order valence-corrected chi connectivity index (χ0v) is 12.5. The van der Waals surface area contributed by atoms with E-state index in [1.165, 1.54) is 31.1 Å². The third-order valence-corrected chi connectivity index (χ3v) is 5.65. The van der Waals surface area contributed by atoms with E-state index in [0.717, 1.165) is 20.6 Å². The lowest BCUT2D eigenvalue weighted by Crippen LogP contribution is -2.15. The van der Waals surface area contributed by atoms with E-state index < -0.39 is 0 Å². The van der Waals surface area contributed by atoms with Crippen LogP contribution in [0.25, 0.3) is 10.2 Å². The molecular weight excluding hydrogens is 279 g/mol. The normalized spacial score (nSPS) is 23.1. The number of rotatable bonds is 4. The zero-order valence-electron chi connectivity index (χ0n) is 10.9. The lowest BCUT2D eigenvalue weighted by molar-refractivity contribution is 0.630. The van der Waals surface area contributed by atoms with E-state index in [1.807, 2.05) is 0 Å². The Morgan fingerprint density at radius 2 is 2.37 bits per heavy atom. The van der Waals surface area contributed by atoms with Gasteiger partial charge in [0.05, 0.1) is 10.2 Å². The molecule has 1 fully saturated rings. The molecule has 2 nitrogen and oxygen atoms in total. The molecule has 1 aromatic heterocycles. The number of thiazole rings is 1. The van der Waals surface area contributed by atoms with E-state index in [4.69, 9.17) is 0 Å². The second-order valence-electron chi connectivity index (χ2n) is 4.86. The number of halogens is 1. The predicted molar refractivity (Wildman–Crippen MR) is 82.8 cm³/mol. The largest absolute Gasteiger partial charge is 0.359 e. The van der Waals surface area contributed by atoms with Gasteiger partial charge in [-0.1, -0.05) is 18.3 Å². The molecule has 1 aromatic carbocycles. The molecule has 0 amide bonds. The van der Waals surface area contributed by atoms with Crippen LogP contribution < -0.4 is 5.32 Å². The second kappa shape index (κ2) is 5.67. The highest BCUT2D eigenvalue weighted by molar-refractivity contribution is 7.99. The summed E-state index contributed by atoms with van der Waals surface area (Å²) < 4.78 is 14.1. The van der Waals surface area contributed by atoms with Crippen LogP contribution in [0.5, 0.6) is 0 Å². The molecule has 0 radical (unpaired) electrons. The van der Waals surface area contributed by atoms with Crippen molar-refractivity contribution in [1.29, 1.82) is 0 Å². The highest BCUT2D eigenvalue weighted by Gasteiger charge is 2.25.